The average molecular weight is 305 g/mol. The number of carbonyl (C=O) groups excluding carboxylic acids is 2. The highest BCUT2D eigenvalue weighted by Crippen LogP contribution is 1.97. The number of amides is 2. The van der Waals surface area contributed by atoms with Crippen LogP contribution in [-0.2, 0) is 20.9 Å². The molecule has 0 bridgehead atoms. The number of carbonyl (C=O) groups is 2. The van der Waals surface area contributed by atoms with Crippen molar-refractivity contribution in [3.63, 3.8) is 0 Å². The van der Waals surface area contributed by atoms with E-state index in [1.807, 2.05) is 30.3 Å². The summed E-state index contributed by atoms with van der Waals surface area (Å²) >= 11 is 0. The van der Waals surface area contributed by atoms with Gasteiger partial charge < -0.3 is 15.4 Å². The maximum absolute atomic E-state index is 11.7. The normalized spacial score (nSPS) is 15.3. The fourth-order valence-corrected chi connectivity index (χ4v) is 2.25. The Morgan fingerprint density at radius 3 is 2.45 bits per heavy atom. The fraction of sp³-hybridized carbons (Fsp3) is 0.500. The molecule has 0 unspecified atom stereocenters. The molecule has 1 saturated heterocycles. The van der Waals surface area contributed by atoms with E-state index >= 15 is 0 Å². The molecule has 0 aromatic heterocycles. The van der Waals surface area contributed by atoms with Crippen molar-refractivity contribution in [3.8, 4) is 0 Å². The van der Waals surface area contributed by atoms with Crippen molar-refractivity contribution in [1.82, 2.24) is 15.5 Å². The first-order valence-corrected chi connectivity index (χ1v) is 7.61. The van der Waals surface area contributed by atoms with Crippen LogP contribution in [0, 0.1) is 0 Å². The van der Waals surface area contributed by atoms with Gasteiger partial charge in [0.2, 0.25) is 11.8 Å². The van der Waals surface area contributed by atoms with Crippen molar-refractivity contribution < 1.29 is 14.3 Å². The van der Waals surface area contributed by atoms with E-state index in [0.717, 1.165) is 38.4 Å². The average Bonchev–Trinajstić information content (AvgIpc) is 2.55. The summed E-state index contributed by atoms with van der Waals surface area (Å²) in [5.41, 5.74) is 1.02. The first kappa shape index (κ1) is 16.5. The molecule has 1 aromatic carbocycles. The minimum absolute atomic E-state index is 0.129. The van der Waals surface area contributed by atoms with Gasteiger partial charge in [-0.05, 0) is 5.56 Å². The number of nitrogens with one attached hydrogen (secondary N) is 2. The van der Waals surface area contributed by atoms with E-state index in [-0.39, 0.29) is 18.2 Å². The predicted molar refractivity (Wildman–Crippen MR) is 83.2 cm³/mol. The number of nitrogens with zero attached hydrogens (tertiary/aromatic N) is 1. The van der Waals surface area contributed by atoms with Crippen molar-refractivity contribution in [2.45, 2.75) is 13.0 Å². The third-order valence-corrected chi connectivity index (χ3v) is 3.51. The summed E-state index contributed by atoms with van der Waals surface area (Å²) in [6, 6.07) is 9.62. The van der Waals surface area contributed by atoms with Crippen molar-refractivity contribution in [3.05, 3.63) is 35.9 Å². The van der Waals surface area contributed by atoms with E-state index in [9.17, 15) is 9.59 Å². The summed E-state index contributed by atoms with van der Waals surface area (Å²) in [4.78, 5) is 25.6. The molecule has 1 heterocycles. The Morgan fingerprint density at radius 1 is 1.05 bits per heavy atom. The number of hydrogen-bond acceptors (Lipinski definition) is 4. The van der Waals surface area contributed by atoms with Crippen LogP contribution in [0.1, 0.15) is 12.0 Å². The molecular formula is C16H23N3O3. The molecule has 0 spiro atoms. The van der Waals surface area contributed by atoms with E-state index in [2.05, 4.69) is 15.5 Å². The fourth-order valence-electron chi connectivity index (χ4n) is 2.25. The Labute approximate surface area is 130 Å². The number of hydrogen-bond donors (Lipinski definition) is 2. The summed E-state index contributed by atoms with van der Waals surface area (Å²) < 4.78 is 5.26. The molecular weight excluding hydrogens is 282 g/mol. The van der Waals surface area contributed by atoms with Crippen LogP contribution in [-0.4, -0.2) is 56.1 Å². The molecule has 1 aliphatic heterocycles. The molecule has 1 fully saturated rings. The topological polar surface area (TPSA) is 70.7 Å². The highest BCUT2D eigenvalue weighted by molar-refractivity contribution is 5.96. The molecule has 0 saturated carbocycles. The largest absolute Gasteiger partial charge is 0.379 e. The summed E-state index contributed by atoms with van der Waals surface area (Å²) in [7, 11) is 0. The van der Waals surface area contributed by atoms with Crippen LogP contribution in [0.25, 0.3) is 0 Å². The molecule has 2 rings (SSSR count). The van der Waals surface area contributed by atoms with E-state index in [0.29, 0.717) is 13.1 Å². The lowest BCUT2D eigenvalue weighted by molar-refractivity contribution is -0.129. The first-order valence-electron chi connectivity index (χ1n) is 7.61. The van der Waals surface area contributed by atoms with Crippen LogP contribution >= 0.6 is 0 Å². The number of morpholine rings is 1. The third-order valence-electron chi connectivity index (χ3n) is 3.51. The van der Waals surface area contributed by atoms with Gasteiger partial charge in [0, 0.05) is 32.7 Å². The highest BCUT2D eigenvalue weighted by atomic mass is 16.5. The van der Waals surface area contributed by atoms with Crippen LogP contribution in [0.2, 0.25) is 0 Å². The van der Waals surface area contributed by atoms with E-state index < -0.39 is 0 Å². The summed E-state index contributed by atoms with van der Waals surface area (Å²) in [5.74, 6) is -0.494. The Kier molecular flexibility index (Phi) is 6.86. The molecule has 6 heteroatoms. The maximum Gasteiger partial charge on any atom is 0.229 e. The minimum atomic E-state index is -0.257. The van der Waals surface area contributed by atoms with Crippen LogP contribution in [0.4, 0.5) is 0 Å². The summed E-state index contributed by atoms with van der Waals surface area (Å²) in [6.45, 7) is 5.08. The van der Waals surface area contributed by atoms with Crippen LogP contribution in [0.15, 0.2) is 30.3 Å². The number of rotatable bonds is 7. The monoisotopic (exact) mass is 305 g/mol. The summed E-state index contributed by atoms with van der Waals surface area (Å²) in [6.07, 6.45) is -0.129. The molecule has 1 aromatic rings. The Balaban J connectivity index is 1.56. The standard InChI is InChI=1S/C16H23N3O3/c20-15(17-6-7-19-8-10-22-11-9-19)12-16(21)18-13-14-4-2-1-3-5-14/h1-5H,6-13H2,(H,17,20)(H,18,21). The van der Waals surface area contributed by atoms with Gasteiger partial charge >= 0.3 is 0 Å². The number of ether oxygens (including phenoxy) is 1. The van der Waals surface area contributed by atoms with Crippen molar-refractivity contribution in [2.24, 2.45) is 0 Å². The molecule has 0 radical (unpaired) electrons. The number of benzene rings is 1. The first-order chi connectivity index (χ1) is 10.7. The summed E-state index contributed by atoms with van der Waals surface area (Å²) in [5, 5.41) is 5.52. The van der Waals surface area contributed by atoms with E-state index in [1.54, 1.807) is 0 Å². The zero-order chi connectivity index (χ0) is 15.6. The molecule has 2 amide bonds. The van der Waals surface area contributed by atoms with E-state index in [4.69, 9.17) is 4.74 Å². The molecule has 2 N–H and O–H groups in total. The lowest BCUT2D eigenvalue weighted by Crippen LogP contribution is -2.42. The van der Waals surface area contributed by atoms with Gasteiger partial charge in [-0.3, -0.25) is 14.5 Å². The van der Waals surface area contributed by atoms with Crippen LogP contribution < -0.4 is 10.6 Å². The second-order valence-electron chi connectivity index (χ2n) is 5.24. The maximum atomic E-state index is 11.7. The van der Waals surface area contributed by atoms with Gasteiger partial charge in [-0.2, -0.15) is 0 Å². The Bertz CT molecular complexity index is 473. The van der Waals surface area contributed by atoms with Gasteiger partial charge in [-0.15, -0.1) is 0 Å². The van der Waals surface area contributed by atoms with Gasteiger partial charge in [-0.25, -0.2) is 0 Å². The Hall–Kier alpha value is -1.92. The quantitative estimate of drug-likeness (QED) is 0.703. The Morgan fingerprint density at radius 2 is 1.73 bits per heavy atom. The third kappa shape index (κ3) is 6.24. The van der Waals surface area contributed by atoms with Crippen LogP contribution in [0.5, 0.6) is 0 Å². The highest BCUT2D eigenvalue weighted by Gasteiger charge is 2.12. The van der Waals surface area contributed by atoms with Gasteiger partial charge in [0.15, 0.2) is 0 Å². The lowest BCUT2D eigenvalue weighted by Gasteiger charge is -2.26. The van der Waals surface area contributed by atoms with Gasteiger partial charge in [0.25, 0.3) is 0 Å². The smallest absolute Gasteiger partial charge is 0.229 e. The van der Waals surface area contributed by atoms with Crippen molar-refractivity contribution in [2.75, 3.05) is 39.4 Å². The minimum Gasteiger partial charge on any atom is -0.379 e. The SMILES string of the molecule is O=C(CC(=O)NCc1ccccc1)NCCN1CCOCC1. The second-order valence-corrected chi connectivity index (χ2v) is 5.24. The van der Waals surface area contributed by atoms with E-state index in [1.165, 1.54) is 0 Å². The van der Waals surface area contributed by atoms with Gasteiger partial charge in [0.1, 0.15) is 6.42 Å². The van der Waals surface area contributed by atoms with Gasteiger partial charge in [0.05, 0.1) is 13.2 Å². The van der Waals surface area contributed by atoms with Gasteiger partial charge in [-0.1, -0.05) is 30.3 Å². The van der Waals surface area contributed by atoms with Crippen molar-refractivity contribution in [1.29, 1.82) is 0 Å². The molecule has 6 nitrogen and oxygen atoms in total. The molecule has 22 heavy (non-hydrogen) atoms. The molecule has 120 valence electrons. The second kappa shape index (κ2) is 9.17. The molecule has 0 atom stereocenters. The van der Waals surface area contributed by atoms with Crippen molar-refractivity contribution >= 4 is 11.8 Å². The zero-order valence-corrected chi connectivity index (χ0v) is 12.7. The van der Waals surface area contributed by atoms with Crippen LogP contribution in [0.3, 0.4) is 0 Å². The lowest BCUT2D eigenvalue weighted by atomic mass is 10.2. The zero-order valence-electron chi connectivity index (χ0n) is 12.7. The molecule has 1 aliphatic rings. The molecule has 0 aliphatic carbocycles. The predicted octanol–water partition coefficient (Wildman–Crippen LogP) is 0.141.